The molecule has 0 N–H and O–H groups in total. The van der Waals surface area contributed by atoms with Crippen molar-refractivity contribution in [1.82, 2.24) is 0 Å². The molecule has 0 radical (unpaired) electrons. The molecule has 53 valence electrons. The molecule has 0 aromatic heterocycles. The van der Waals surface area contributed by atoms with E-state index in [1.165, 1.54) is 10.3 Å². The molecule has 0 atom stereocenters. The summed E-state index contributed by atoms with van der Waals surface area (Å²) in [5.74, 6) is 0. The normalized spacial score (nSPS) is 12.1. The van der Waals surface area contributed by atoms with Crippen LogP contribution in [0.2, 0.25) is 0 Å². The molecule has 0 bridgehead atoms. The van der Waals surface area contributed by atoms with Gasteiger partial charge in [0.1, 0.15) is 0 Å². The Morgan fingerprint density at radius 2 is 1.78 bits per heavy atom. The van der Waals surface area contributed by atoms with Gasteiger partial charge in [0.15, 0.2) is 0 Å². The van der Waals surface area contributed by atoms with Crippen LogP contribution in [0.5, 0.6) is 0 Å². The second-order valence-electron chi connectivity index (χ2n) is 1.32. The van der Waals surface area contributed by atoms with Crippen LogP contribution in [-0.4, -0.2) is 0 Å². The molecule has 0 saturated carbocycles. The maximum atomic E-state index is 2.16. The number of rotatable bonds is 0. The molecule has 0 aliphatic heterocycles. The van der Waals surface area contributed by atoms with E-state index in [0.717, 1.165) is 0 Å². The topological polar surface area (TPSA) is 0 Å². The zero-order valence-corrected chi connectivity index (χ0v) is 8.67. The van der Waals surface area contributed by atoms with Gasteiger partial charge in [-0.15, -0.1) is 37.2 Å². The molecule has 0 fully saturated rings. The van der Waals surface area contributed by atoms with Crippen molar-refractivity contribution in [2.75, 3.05) is 0 Å². The van der Waals surface area contributed by atoms with E-state index in [1.54, 1.807) is 0 Å². The third-order valence-corrected chi connectivity index (χ3v) is 1.35. The molecule has 0 aromatic carbocycles. The predicted octanol–water partition coefficient (Wildman–Crippen LogP) is 2.64. The van der Waals surface area contributed by atoms with Crippen molar-refractivity contribution in [1.29, 1.82) is 0 Å². The van der Waals surface area contributed by atoms with Crippen LogP contribution < -0.4 is 0 Å². The van der Waals surface area contributed by atoms with Crippen molar-refractivity contribution in [3.05, 3.63) is 22.1 Å². The van der Waals surface area contributed by atoms with Crippen LogP contribution in [0, 0.1) is 0 Å². The molecule has 1 aliphatic carbocycles. The maximum absolute atomic E-state index is 2.16. The second-order valence-corrected chi connectivity index (χ2v) is 2.33. The minimum atomic E-state index is 0. The third-order valence-electron chi connectivity index (χ3n) is 0.771. The van der Waals surface area contributed by atoms with Gasteiger partial charge in [0.05, 0.1) is 0 Å². The Balaban J connectivity index is -0.000000120. The summed E-state index contributed by atoms with van der Waals surface area (Å²) in [5.41, 5.74) is 0. The van der Waals surface area contributed by atoms with Gasteiger partial charge in [0.2, 0.25) is 0 Å². The number of hydrogen-bond acceptors (Lipinski definition) is 0. The Morgan fingerprint density at radius 1 is 1.22 bits per heavy atom. The van der Waals surface area contributed by atoms with Crippen molar-refractivity contribution in [2.45, 2.75) is 6.42 Å². The fourth-order valence-corrected chi connectivity index (χ4v) is 0.782. The van der Waals surface area contributed by atoms with E-state index < -0.39 is 0 Å². The summed E-state index contributed by atoms with van der Waals surface area (Å²) in [4.78, 5) is 0. The van der Waals surface area contributed by atoms with Gasteiger partial charge >= 0.3 is 49.0 Å². The molecule has 0 amide bonds. The van der Waals surface area contributed by atoms with E-state index in [1.807, 2.05) is 0 Å². The van der Waals surface area contributed by atoms with Crippen LogP contribution in [0.1, 0.15) is 6.42 Å². The van der Waals surface area contributed by atoms with E-state index >= 15 is 0 Å². The van der Waals surface area contributed by atoms with E-state index in [4.69, 9.17) is 0 Å². The molecule has 4 heteroatoms. The zero-order chi connectivity index (χ0) is 4.41. The monoisotopic (exact) mass is 221 g/mol. The van der Waals surface area contributed by atoms with Gasteiger partial charge < -0.3 is 0 Å². The van der Waals surface area contributed by atoms with Crippen LogP contribution in [-0.2, 0) is 20.4 Å². The van der Waals surface area contributed by atoms with Crippen molar-refractivity contribution >= 4 is 37.2 Å². The number of allylic oxidation sites excluding steroid dienone is 4. The van der Waals surface area contributed by atoms with E-state index in [9.17, 15) is 0 Å². The molecule has 0 spiro atoms. The van der Waals surface area contributed by atoms with Crippen LogP contribution in [0.4, 0.5) is 0 Å². The summed E-state index contributed by atoms with van der Waals surface area (Å²) in [5, 5.41) is 0. The Morgan fingerprint density at radius 3 is 1.89 bits per heavy atom. The van der Waals surface area contributed by atoms with Crippen molar-refractivity contribution in [2.24, 2.45) is 0 Å². The first-order chi connectivity index (χ1) is 2.89. The second kappa shape index (κ2) is 9.06. The summed E-state index contributed by atoms with van der Waals surface area (Å²) in [6.45, 7) is 0. The third kappa shape index (κ3) is 6.96. The molecule has 0 nitrogen and oxygen atoms in total. The molecule has 0 heterocycles. The standard InChI is InChI=1S/C5H5.3ClH.Ti/c1-2-4-5-3-1;;;;/h1-3H,4H2;3*1H;. The average molecular weight is 222 g/mol. The number of halogens is 3. The first-order valence-corrected chi connectivity index (χ1v) is 2.75. The fourth-order valence-electron chi connectivity index (χ4n) is 0.447. The summed E-state index contributed by atoms with van der Waals surface area (Å²) in [6.07, 6.45) is 7.56. The first kappa shape index (κ1) is 16.6. The Kier molecular flexibility index (Phi) is 16.7. The first-order valence-electron chi connectivity index (χ1n) is 1.97. The Hall–Kier alpha value is 1.06. The molecule has 0 aromatic rings. The van der Waals surface area contributed by atoms with Gasteiger partial charge in [-0.25, -0.2) is 0 Å². The zero-order valence-electron chi connectivity index (χ0n) is 4.66. The van der Waals surface area contributed by atoms with Gasteiger partial charge in [0, 0.05) is 0 Å². The van der Waals surface area contributed by atoms with Crippen molar-refractivity contribution in [3.8, 4) is 0 Å². The summed E-state index contributed by atoms with van der Waals surface area (Å²) in [7, 11) is 0. The summed E-state index contributed by atoms with van der Waals surface area (Å²) < 4.78 is 1.47. The van der Waals surface area contributed by atoms with Gasteiger partial charge in [0.25, 0.3) is 0 Å². The van der Waals surface area contributed by atoms with Gasteiger partial charge in [-0.05, 0) is 0 Å². The number of hydrogen-bond donors (Lipinski definition) is 0. The molecule has 1 aliphatic rings. The van der Waals surface area contributed by atoms with Crippen LogP contribution in [0.25, 0.3) is 0 Å². The SMILES string of the molecule is Cl.Cl.Cl.[Ti][C]1=CC=CC1. The molecule has 1 rings (SSSR count). The summed E-state index contributed by atoms with van der Waals surface area (Å²) in [6, 6.07) is 0. The van der Waals surface area contributed by atoms with Crippen molar-refractivity contribution in [3.63, 3.8) is 0 Å². The molecule has 9 heavy (non-hydrogen) atoms. The van der Waals surface area contributed by atoms with Crippen molar-refractivity contribution < 1.29 is 20.4 Å². The van der Waals surface area contributed by atoms with Gasteiger partial charge in [-0.1, -0.05) is 0 Å². The minimum absolute atomic E-state index is 0. The fraction of sp³-hybridized carbons (Fsp3) is 0.200. The van der Waals surface area contributed by atoms with Crippen LogP contribution in [0.15, 0.2) is 22.1 Å². The van der Waals surface area contributed by atoms with Crippen LogP contribution >= 0.6 is 37.2 Å². The Bertz CT molecular complexity index is 109. The van der Waals surface area contributed by atoms with E-state index in [0.29, 0.717) is 0 Å². The molecule has 0 saturated heterocycles. The van der Waals surface area contributed by atoms with Gasteiger partial charge in [-0.2, -0.15) is 0 Å². The molecular formula is C5H8Cl3Ti. The molecule has 0 unspecified atom stereocenters. The average Bonchev–Trinajstić information content (AvgIpc) is 1.86. The Labute approximate surface area is 85.8 Å². The predicted molar refractivity (Wildman–Crippen MR) is 43.6 cm³/mol. The summed E-state index contributed by atoms with van der Waals surface area (Å²) >= 11 is 2.14. The van der Waals surface area contributed by atoms with E-state index in [-0.39, 0.29) is 37.2 Å². The quantitative estimate of drug-likeness (QED) is 0.553. The molecular weight excluding hydrogens is 214 g/mol. The van der Waals surface area contributed by atoms with Crippen LogP contribution in [0.3, 0.4) is 0 Å². The van der Waals surface area contributed by atoms with E-state index in [2.05, 4.69) is 38.7 Å². The van der Waals surface area contributed by atoms with Gasteiger partial charge in [-0.3, -0.25) is 0 Å².